The van der Waals surface area contributed by atoms with Crippen LogP contribution in [0.15, 0.2) is 30.6 Å². The van der Waals surface area contributed by atoms with Crippen LogP contribution in [0.4, 0.5) is 5.82 Å². The molecule has 1 aromatic carbocycles. The Bertz CT molecular complexity index is 553. The minimum Gasteiger partial charge on any atom is -0.353 e. The summed E-state index contributed by atoms with van der Waals surface area (Å²) in [6, 6.07) is 8.82. The van der Waals surface area contributed by atoms with Crippen LogP contribution in [-0.4, -0.2) is 28.4 Å². The first-order valence-corrected chi connectivity index (χ1v) is 7.46. The van der Waals surface area contributed by atoms with Crippen LogP contribution in [0, 0.1) is 0 Å². The van der Waals surface area contributed by atoms with Gasteiger partial charge in [-0.25, -0.2) is 9.97 Å². The molecule has 1 saturated heterocycles. The van der Waals surface area contributed by atoms with Gasteiger partial charge < -0.3 is 4.90 Å². The van der Waals surface area contributed by atoms with Crippen LogP contribution in [0.25, 0.3) is 10.9 Å². The zero-order valence-electron chi connectivity index (χ0n) is 10.9. The molecule has 0 bridgehead atoms. The van der Waals surface area contributed by atoms with Crippen LogP contribution in [-0.2, 0) is 0 Å². The van der Waals surface area contributed by atoms with Crippen molar-refractivity contribution in [1.29, 1.82) is 0 Å². The van der Waals surface area contributed by atoms with Gasteiger partial charge in [-0.3, -0.25) is 0 Å². The molecule has 1 atom stereocenters. The molecule has 2 heterocycles. The van der Waals surface area contributed by atoms with Crippen molar-refractivity contribution in [3.63, 3.8) is 0 Å². The summed E-state index contributed by atoms with van der Waals surface area (Å²) >= 11 is 5.82. The average Bonchev–Trinajstić information content (AvgIpc) is 2.92. The first-order chi connectivity index (χ1) is 9.40. The van der Waals surface area contributed by atoms with E-state index in [2.05, 4.69) is 27.0 Å². The minimum absolute atomic E-state index is 0.581. The Morgan fingerprint density at radius 2 is 2.16 bits per heavy atom. The lowest BCUT2D eigenvalue weighted by molar-refractivity contribution is 0.599. The summed E-state index contributed by atoms with van der Waals surface area (Å²) in [5.74, 6) is 1.83. The van der Waals surface area contributed by atoms with E-state index in [0.29, 0.717) is 6.04 Å². The van der Waals surface area contributed by atoms with Crippen LogP contribution in [0.2, 0.25) is 0 Å². The van der Waals surface area contributed by atoms with Crippen molar-refractivity contribution in [2.24, 2.45) is 0 Å². The number of rotatable bonds is 4. The second-order valence-electron chi connectivity index (χ2n) is 5.04. The molecule has 1 unspecified atom stereocenters. The lowest BCUT2D eigenvalue weighted by atomic mass is 10.1. The monoisotopic (exact) mass is 275 g/mol. The largest absolute Gasteiger partial charge is 0.353 e. The molecule has 3 nitrogen and oxygen atoms in total. The fraction of sp³-hybridized carbons (Fsp3) is 0.467. The summed E-state index contributed by atoms with van der Waals surface area (Å²) in [4.78, 5) is 11.3. The molecule has 3 rings (SSSR count). The molecule has 1 aliphatic rings. The number of halogens is 1. The number of alkyl halides is 1. The van der Waals surface area contributed by atoms with Gasteiger partial charge in [-0.1, -0.05) is 12.1 Å². The van der Waals surface area contributed by atoms with Crippen LogP contribution in [0.1, 0.15) is 25.7 Å². The molecule has 0 amide bonds. The number of hydrogen-bond donors (Lipinski definition) is 0. The fourth-order valence-corrected chi connectivity index (χ4v) is 3.10. The van der Waals surface area contributed by atoms with Crippen LogP contribution < -0.4 is 4.90 Å². The molecule has 0 N–H and O–H groups in total. The third-order valence-electron chi connectivity index (χ3n) is 3.84. The standard InChI is InChI=1S/C15H18ClN3/c16-9-3-5-12-6-4-10-19(12)15-13-7-1-2-8-14(13)17-11-18-15/h1-2,7-8,11-12H,3-6,9-10H2. The second-order valence-corrected chi connectivity index (χ2v) is 5.41. The van der Waals surface area contributed by atoms with Gasteiger partial charge in [0.15, 0.2) is 0 Å². The van der Waals surface area contributed by atoms with Gasteiger partial charge in [-0.2, -0.15) is 0 Å². The Balaban J connectivity index is 1.94. The van der Waals surface area contributed by atoms with Crippen molar-refractivity contribution in [1.82, 2.24) is 9.97 Å². The summed E-state index contributed by atoms with van der Waals surface area (Å²) in [5.41, 5.74) is 1.02. The van der Waals surface area contributed by atoms with Crippen LogP contribution >= 0.6 is 11.6 Å². The first-order valence-electron chi connectivity index (χ1n) is 6.92. The lowest BCUT2D eigenvalue weighted by Crippen LogP contribution is -2.30. The molecule has 0 aliphatic carbocycles. The highest BCUT2D eigenvalue weighted by atomic mass is 35.5. The van der Waals surface area contributed by atoms with Crippen molar-refractivity contribution in [3.05, 3.63) is 30.6 Å². The van der Waals surface area contributed by atoms with Gasteiger partial charge in [0, 0.05) is 23.9 Å². The molecule has 100 valence electrons. The number of aromatic nitrogens is 2. The maximum absolute atomic E-state index is 5.82. The van der Waals surface area contributed by atoms with E-state index in [1.165, 1.54) is 12.8 Å². The maximum Gasteiger partial charge on any atom is 0.140 e. The topological polar surface area (TPSA) is 29.0 Å². The van der Waals surface area contributed by atoms with Gasteiger partial charge >= 0.3 is 0 Å². The molecule has 1 fully saturated rings. The van der Waals surface area contributed by atoms with Crippen LogP contribution in [0.5, 0.6) is 0 Å². The van der Waals surface area contributed by atoms with Gasteiger partial charge in [0.1, 0.15) is 12.1 Å². The lowest BCUT2D eigenvalue weighted by Gasteiger charge is -2.26. The van der Waals surface area contributed by atoms with Crippen molar-refractivity contribution < 1.29 is 0 Å². The summed E-state index contributed by atoms with van der Waals surface area (Å²) in [6.45, 7) is 1.09. The third kappa shape index (κ3) is 2.52. The van der Waals surface area contributed by atoms with E-state index in [-0.39, 0.29) is 0 Å². The van der Waals surface area contributed by atoms with E-state index in [4.69, 9.17) is 11.6 Å². The predicted molar refractivity (Wildman–Crippen MR) is 79.9 cm³/mol. The highest BCUT2D eigenvalue weighted by Gasteiger charge is 2.26. The summed E-state index contributed by atoms with van der Waals surface area (Å²) in [7, 11) is 0. The quantitative estimate of drug-likeness (QED) is 0.798. The Hall–Kier alpha value is -1.35. The molecule has 0 radical (unpaired) electrons. The Labute approximate surface area is 118 Å². The first kappa shape index (κ1) is 12.7. The maximum atomic E-state index is 5.82. The summed E-state index contributed by atoms with van der Waals surface area (Å²) < 4.78 is 0. The molecular weight excluding hydrogens is 258 g/mol. The molecule has 0 spiro atoms. The van der Waals surface area contributed by atoms with Gasteiger partial charge in [0.05, 0.1) is 5.52 Å². The number of hydrogen-bond acceptors (Lipinski definition) is 3. The number of benzene rings is 1. The van der Waals surface area contributed by atoms with Crippen molar-refractivity contribution in [2.75, 3.05) is 17.3 Å². The van der Waals surface area contributed by atoms with Crippen molar-refractivity contribution >= 4 is 28.3 Å². The smallest absolute Gasteiger partial charge is 0.140 e. The SMILES string of the molecule is ClCCCC1CCCN1c1ncnc2ccccc12. The summed E-state index contributed by atoms with van der Waals surface area (Å²) in [5, 5.41) is 1.16. The van der Waals surface area contributed by atoms with E-state index in [9.17, 15) is 0 Å². The number of fused-ring (bicyclic) bond motifs is 1. The molecule has 4 heteroatoms. The molecule has 19 heavy (non-hydrogen) atoms. The molecule has 1 aromatic heterocycles. The van der Waals surface area contributed by atoms with E-state index in [1.807, 2.05) is 12.1 Å². The van der Waals surface area contributed by atoms with E-state index < -0.39 is 0 Å². The summed E-state index contributed by atoms with van der Waals surface area (Å²) in [6.07, 6.45) is 6.39. The minimum atomic E-state index is 0.581. The van der Waals surface area contributed by atoms with E-state index >= 15 is 0 Å². The van der Waals surface area contributed by atoms with Crippen molar-refractivity contribution in [3.8, 4) is 0 Å². The molecule has 0 saturated carbocycles. The average molecular weight is 276 g/mol. The zero-order chi connectivity index (χ0) is 13.1. The van der Waals surface area contributed by atoms with Gasteiger partial charge in [-0.05, 0) is 37.8 Å². The Morgan fingerprint density at radius 3 is 3.05 bits per heavy atom. The van der Waals surface area contributed by atoms with Gasteiger partial charge in [0.2, 0.25) is 0 Å². The van der Waals surface area contributed by atoms with E-state index in [0.717, 1.165) is 42.0 Å². The highest BCUT2D eigenvalue weighted by Crippen LogP contribution is 2.31. The number of para-hydroxylation sites is 1. The Kier molecular flexibility index (Phi) is 3.83. The zero-order valence-corrected chi connectivity index (χ0v) is 11.7. The Morgan fingerprint density at radius 1 is 1.26 bits per heavy atom. The number of anilines is 1. The third-order valence-corrected chi connectivity index (χ3v) is 4.11. The van der Waals surface area contributed by atoms with Crippen molar-refractivity contribution in [2.45, 2.75) is 31.7 Å². The fourth-order valence-electron chi connectivity index (χ4n) is 2.95. The predicted octanol–water partition coefficient (Wildman–Crippen LogP) is 3.62. The number of nitrogens with zero attached hydrogens (tertiary/aromatic N) is 3. The van der Waals surface area contributed by atoms with Crippen LogP contribution in [0.3, 0.4) is 0 Å². The van der Waals surface area contributed by atoms with E-state index in [1.54, 1.807) is 6.33 Å². The van der Waals surface area contributed by atoms with Gasteiger partial charge in [0.25, 0.3) is 0 Å². The second kappa shape index (κ2) is 5.74. The highest BCUT2D eigenvalue weighted by molar-refractivity contribution is 6.17. The molecule has 1 aliphatic heterocycles. The molecule has 2 aromatic rings. The van der Waals surface area contributed by atoms with Gasteiger partial charge in [-0.15, -0.1) is 11.6 Å². The molecular formula is C15H18ClN3. The normalized spacial score (nSPS) is 19.2.